The van der Waals surface area contributed by atoms with Gasteiger partial charge in [-0.2, -0.15) is 0 Å². The third-order valence-corrected chi connectivity index (χ3v) is 6.61. The molecular formula is C16H19NO4S. The van der Waals surface area contributed by atoms with Gasteiger partial charge in [-0.3, -0.25) is 4.90 Å². The maximum absolute atomic E-state index is 13.0. The maximum Gasteiger partial charge on any atom is 0.336 e. The van der Waals surface area contributed by atoms with Crippen molar-refractivity contribution in [1.82, 2.24) is 4.90 Å². The molecule has 0 N–H and O–H groups in total. The fourth-order valence-corrected chi connectivity index (χ4v) is 5.19. The molecule has 0 radical (unpaired) electrons. The van der Waals surface area contributed by atoms with Crippen LogP contribution in [0.5, 0.6) is 0 Å². The first-order valence-electron chi connectivity index (χ1n) is 7.30. The van der Waals surface area contributed by atoms with E-state index >= 15 is 0 Å². The Morgan fingerprint density at radius 1 is 1.23 bits per heavy atom. The predicted molar refractivity (Wildman–Crippen MR) is 81.9 cm³/mol. The number of nitrogens with zero attached hydrogens (tertiary/aromatic N) is 1. The van der Waals surface area contributed by atoms with Crippen LogP contribution in [0.3, 0.4) is 0 Å². The zero-order valence-corrected chi connectivity index (χ0v) is 13.5. The third-order valence-electron chi connectivity index (χ3n) is 4.68. The molecule has 2 atom stereocenters. The second-order valence-electron chi connectivity index (χ2n) is 5.76. The summed E-state index contributed by atoms with van der Waals surface area (Å²) in [5, 5.41) is 0. The maximum atomic E-state index is 13.0. The van der Waals surface area contributed by atoms with Crippen LogP contribution in [-0.2, 0) is 19.4 Å². The Morgan fingerprint density at radius 3 is 2.55 bits per heavy atom. The van der Waals surface area contributed by atoms with Gasteiger partial charge in [0.15, 0.2) is 0 Å². The van der Waals surface area contributed by atoms with Gasteiger partial charge in [0, 0.05) is 12.1 Å². The van der Waals surface area contributed by atoms with Crippen molar-refractivity contribution in [3.63, 3.8) is 0 Å². The molecule has 0 aromatic heterocycles. The van der Waals surface area contributed by atoms with Crippen molar-refractivity contribution >= 4 is 15.8 Å². The summed E-state index contributed by atoms with van der Waals surface area (Å²) >= 11 is 0. The van der Waals surface area contributed by atoms with Gasteiger partial charge in [-0.15, -0.1) is 0 Å². The molecule has 1 aromatic rings. The summed E-state index contributed by atoms with van der Waals surface area (Å²) in [5.74, 6) is -0.535. The monoisotopic (exact) mass is 321 g/mol. The second kappa shape index (κ2) is 5.52. The minimum atomic E-state index is -3.66. The van der Waals surface area contributed by atoms with Gasteiger partial charge in [0.05, 0.1) is 22.5 Å². The lowest BCUT2D eigenvalue weighted by molar-refractivity contribution is -0.137. The van der Waals surface area contributed by atoms with Crippen LogP contribution in [0.1, 0.15) is 19.3 Å². The molecule has 3 rings (SSSR count). The molecule has 118 valence electrons. The standard InChI is InChI=1S/C16H19NO4S/c1-17-11-8-9-13(17)15(16(18)21-2)14(10-11)22(19,20)12-6-4-3-5-7-12/h3-7,11,13H,8-10H2,1-2H3/t11-,13+/m0/s1. The van der Waals surface area contributed by atoms with E-state index in [9.17, 15) is 13.2 Å². The largest absolute Gasteiger partial charge is 0.466 e. The first-order valence-corrected chi connectivity index (χ1v) is 8.78. The highest BCUT2D eigenvalue weighted by atomic mass is 32.2. The molecule has 1 aromatic carbocycles. The number of rotatable bonds is 3. The number of hydrogen-bond acceptors (Lipinski definition) is 5. The summed E-state index contributed by atoms with van der Waals surface area (Å²) in [6, 6.07) is 8.29. The average molecular weight is 321 g/mol. The summed E-state index contributed by atoms with van der Waals surface area (Å²) in [6.07, 6.45) is 2.06. The van der Waals surface area contributed by atoms with Crippen molar-refractivity contribution in [3.8, 4) is 0 Å². The van der Waals surface area contributed by atoms with Crippen LogP contribution in [0.2, 0.25) is 0 Å². The molecule has 2 heterocycles. The van der Waals surface area contributed by atoms with Gasteiger partial charge in [-0.1, -0.05) is 18.2 Å². The van der Waals surface area contributed by atoms with Crippen LogP contribution in [-0.4, -0.2) is 45.5 Å². The number of ether oxygens (including phenoxy) is 1. The molecule has 1 fully saturated rings. The van der Waals surface area contributed by atoms with Gasteiger partial charge >= 0.3 is 5.97 Å². The number of hydrogen-bond donors (Lipinski definition) is 0. The zero-order chi connectivity index (χ0) is 15.9. The Morgan fingerprint density at radius 2 is 1.91 bits per heavy atom. The molecule has 1 saturated heterocycles. The van der Waals surface area contributed by atoms with Crippen molar-refractivity contribution < 1.29 is 17.9 Å². The molecule has 0 unspecified atom stereocenters. The van der Waals surface area contributed by atoms with Crippen molar-refractivity contribution in [1.29, 1.82) is 0 Å². The molecule has 5 nitrogen and oxygen atoms in total. The van der Waals surface area contributed by atoms with E-state index in [1.165, 1.54) is 7.11 Å². The number of fused-ring (bicyclic) bond motifs is 2. The van der Waals surface area contributed by atoms with E-state index in [-0.39, 0.29) is 21.9 Å². The van der Waals surface area contributed by atoms with Crippen molar-refractivity contribution in [2.45, 2.75) is 36.2 Å². The lowest BCUT2D eigenvalue weighted by atomic mass is 10.0. The zero-order valence-electron chi connectivity index (χ0n) is 12.7. The van der Waals surface area contributed by atoms with Crippen LogP contribution >= 0.6 is 0 Å². The molecule has 0 amide bonds. The minimum Gasteiger partial charge on any atom is -0.466 e. The van der Waals surface area contributed by atoms with Gasteiger partial charge in [0.1, 0.15) is 0 Å². The van der Waals surface area contributed by atoms with E-state index in [1.54, 1.807) is 30.3 Å². The summed E-state index contributed by atoms with van der Waals surface area (Å²) in [6.45, 7) is 0. The molecule has 6 heteroatoms. The number of carbonyl (C=O) groups is 1. The van der Waals surface area contributed by atoms with Crippen molar-refractivity contribution in [2.75, 3.05) is 14.2 Å². The Bertz CT molecular complexity index is 724. The number of methoxy groups -OCH3 is 1. The molecular weight excluding hydrogens is 302 g/mol. The average Bonchev–Trinajstić information content (AvgIpc) is 2.76. The molecule has 2 aliphatic rings. The summed E-state index contributed by atoms with van der Waals surface area (Å²) in [5.41, 5.74) is 0.308. The molecule has 22 heavy (non-hydrogen) atoms. The smallest absolute Gasteiger partial charge is 0.336 e. The van der Waals surface area contributed by atoms with Gasteiger partial charge in [-0.05, 0) is 38.4 Å². The summed E-state index contributed by atoms with van der Waals surface area (Å²) < 4.78 is 30.8. The fraction of sp³-hybridized carbons (Fsp3) is 0.438. The first kappa shape index (κ1) is 15.2. The van der Waals surface area contributed by atoms with Crippen LogP contribution < -0.4 is 0 Å². The molecule has 2 aliphatic heterocycles. The number of sulfone groups is 1. The van der Waals surface area contributed by atoms with Gasteiger partial charge in [-0.25, -0.2) is 13.2 Å². The van der Waals surface area contributed by atoms with Crippen LogP contribution in [0.4, 0.5) is 0 Å². The fourth-order valence-electron chi connectivity index (χ4n) is 3.47. The number of carbonyl (C=O) groups excluding carboxylic acids is 1. The molecule has 2 bridgehead atoms. The third kappa shape index (κ3) is 2.27. The Hall–Kier alpha value is -1.66. The van der Waals surface area contributed by atoms with E-state index in [0.29, 0.717) is 12.0 Å². The topological polar surface area (TPSA) is 63.7 Å². The van der Waals surface area contributed by atoms with E-state index in [0.717, 1.165) is 12.8 Å². The van der Waals surface area contributed by atoms with Crippen LogP contribution in [0.25, 0.3) is 0 Å². The number of benzene rings is 1. The summed E-state index contributed by atoms with van der Waals surface area (Å²) in [4.78, 5) is 14.8. The normalized spacial score (nSPS) is 25.4. The highest BCUT2D eigenvalue weighted by Gasteiger charge is 2.45. The van der Waals surface area contributed by atoms with Crippen LogP contribution in [0.15, 0.2) is 45.7 Å². The lowest BCUT2D eigenvalue weighted by Gasteiger charge is -2.33. The van der Waals surface area contributed by atoms with Gasteiger partial charge in [0.2, 0.25) is 9.84 Å². The highest BCUT2D eigenvalue weighted by Crippen LogP contribution is 2.42. The van der Waals surface area contributed by atoms with Crippen LogP contribution in [0, 0.1) is 0 Å². The first-order chi connectivity index (χ1) is 10.5. The molecule has 0 spiro atoms. The van der Waals surface area contributed by atoms with E-state index in [4.69, 9.17) is 4.74 Å². The second-order valence-corrected chi connectivity index (χ2v) is 7.73. The van der Waals surface area contributed by atoms with Crippen molar-refractivity contribution in [2.24, 2.45) is 0 Å². The Labute approximate surface area is 130 Å². The highest BCUT2D eigenvalue weighted by molar-refractivity contribution is 7.95. The van der Waals surface area contributed by atoms with E-state index in [2.05, 4.69) is 4.90 Å². The Kier molecular flexibility index (Phi) is 3.82. The molecule has 0 saturated carbocycles. The minimum absolute atomic E-state index is 0.167. The quantitative estimate of drug-likeness (QED) is 0.794. The van der Waals surface area contributed by atoms with E-state index < -0.39 is 15.8 Å². The summed E-state index contributed by atoms with van der Waals surface area (Å²) in [7, 11) is -0.427. The molecule has 0 aliphatic carbocycles. The SMILES string of the molecule is COC(=O)C1=C(S(=O)(=O)c2ccccc2)C[C@@H]2CC[C@H]1N2C. The van der Waals surface area contributed by atoms with Gasteiger partial charge in [0.25, 0.3) is 0 Å². The van der Waals surface area contributed by atoms with E-state index in [1.807, 2.05) is 7.05 Å². The number of likely N-dealkylation sites (N-methyl/N-ethyl adjacent to an activating group) is 1. The Balaban J connectivity index is 2.17. The van der Waals surface area contributed by atoms with Gasteiger partial charge < -0.3 is 4.74 Å². The lowest BCUT2D eigenvalue weighted by Crippen LogP contribution is -2.42. The predicted octanol–water partition coefficient (Wildman–Crippen LogP) is 1.75. The number of esters is 1. The van der Waals surface area contributed by atoms with Crippen molar-refractivity contribution in [3.05, 3.63) is 40.8 Å².